The molecule has 0 saturated heterocycles. The molecule has 2 aromatic rings. The third-order valence-electron chi connectivity index (χ3n) is 3.07. The molecule has 2 heterocycles. The van der Waals surface area contributed by atoms with E-state index in [1.807, 2.05) is 0 Å². The zero-order valence-corrected chi connectivity index (χ0v) is 11.5. The number of hydrogen-bond acceptors (Lipinski definition) is 3. The molecule has 0 aliphatic rings. The van der Waals surface area contributed by atoms with Gasteiger partial charge in [-0.15, -0.1) is 11.3 Å². The predicted molar refractivity (Wildman–Crippen MR) is 73.8 cm³/mol. The van der Waals surface area contributed by atoms with Crippen LogP contribution in [0.2, 0.25) is 0 Å². The Kier molecular flexibility index (Phi) is 4.57. The summed E-state index contributed by atoms with van der Waals surface area (Å²) in [6.45, 7) is 5.58. The zero-order valence-electron chi connectivity index (χ0n) is 10.6. The molecule has 4 heteroatoms. The van der Waals surface area contributed by atoms with Gasteiger partial charge in [-0.25, -0.2) is 4.98 Å². The van der Waals surface area contributed by atoms with Crippen LogP contribution in [0.4, 0.5) is 0 Å². The van der Waals surface area contributed by atoms with Crippen LogP contribution >= 0.6 is 11.3 Å². The average Bonchev–Trinajstić information content (AvgIpc) is 2.89. The van der Waals surface area contributed by atoms with Crippen LogP contribution in [0.15, 0.2) is 17.8 Å². The van der Waals surface area contributed by atoms with E-state index in [1.165, 1.54) is 25.0 Å². The molecule has 0 bridgehead atoms. The largest absolute Gasteiger partial charge is 0.314 e. The van der Waals surface area contributed by atoms with E-state index in [4.69, 9.17) is 0 Å². The number of hydrogen-bond donors (Lipinski definition) is 1. The molecule has 17 heavy (non-hydrogen) atoms. The van der Waals surface area contributed by atoms with Crippen molar-refractivity contribution in [2.24, 2.45) is 0 Å². The van der Waals surface area contributed by atoms with Crippen LogP contribution in [-0.4, -0.2) is 22.0 Å². The first-order chi connectivity index (χ1) is 8.33. The van der Waals surface area contributed by atoms with Crippen LogP contribution in [0, 0.1) is 0 Å². The molecule has 2 aromatic heterocycles. The van der Waals surface area contributed by atoms with Gasteiger partial charge in [-0.05, 0) is 32.2 Å². The number of nitrogens with one attached hydrogen (secondary N) is 1. The lowest BCUT2D eigenvalue weighted by Crippen LogP contribution is -2.29. The summed E-state index contributed by atoms with van der Waals surface area (Å²) in [5, 5.41) is 5.66. The van der Waals surface area contributed by atoms with Crippen molar-refractivity contribution in [3.63, 3.8) is 0 Å². The highest BCUT2D eigenvalue weighted by Gasteiger charge is 2.07. The van der Waals surface area contributed by atoms with Gasteiger partial charge in [0.15, 0.2) is 4.96 Å². The number of imidazole rings is 1. The van der Waals surface area contributed by atoms with Crippen LogP contribution in [-0.2, 0) is 6.42 Å². The van der Waals surface area contributed by atoms with Crippen molar-refractivity contribution in [1.82, 2.24) is 14.7 Å². The third-order valence-corrected chi connectivity index (χ3v) is 3.84. The van der Waals surface area contributed by atoms with E-state index in [0.717, 1.165) is 17.9 Å². The molecule has 94 valence electrons. The molecule has 0 aromatic carbocycles. The van der Waals surface area contributed by atoms with Gasteiger partial charge in [0.2, 0.25) is 0 Å². The molecule has 0 saturated carbocycles. The van der Waals surface area contributed by atoms with Crippen LogP contribution in [0.25, 0.3) is 4.96 Å². The Morgan fingerprint density at radius 2 is 2.35 bits per heavy atom. The maximum absolute atomic E-state index is 4.61. The van der Waals surface area contributed by atoms with Crippen molar-refractivity contribution < 1.29 is 0 Å². The molecule has 0 radical (unpaired) electrons. The Labute approximate surface area is 107 Å². The molecular formula is C13H21N3S. The molecule has 0 fully saturated rings. The molecule has 0 spiro atoms. The van der Waals surface area contributed by atoms with E-state index in [1.54, 1.807) is 11.3 Å². The summed E-state index contributed by atoms with van der Waals surface area (Å²) >= 11 is 1.70. The fourth-order valence-corrected chi connectivity index (χ4v) is 2.74. The lowest BCUT2D eigenvalue weighted by atomic mass is 10.1. The van der Waals surface area contributed by atoms with Crippen LogP contribution in [0.3, 0.4) is 0 Å². The summed E-state index contributed by atoms with van der Waals surface area (Å²) in [5.41, 5.74) is 1.22. The van der Waals surface area contributed by atoms with Crippen molar-refractivity contribution in [3.05, 3.63) is 23.5 Å². The highest BCUT2D eigenvalue weighted by atomic mass is 32.1. The Morgan fingerprint density at radius 3 is 3.06 bits per heavy atom. The van der Waals surface area contributed by atoms with Gasteiger partial charge in [-0.2, -0.15) is 0 Å². The normalized spacial score (nSPS) is 13.3. The summed E-state index contributed by atoms with van der Waals surface area (Å²) in [4.78, 5) is 5.72. The Balaban J connectivity index is 1.86. The molecule has 1 N–H and O–H groups in total. The number of fused-ring (bicyclic) bond motifs is 1. The van der Waals surface area contributed by atoms with Crippen LogP contribution < -0.4 is 5.32 Å². The third kappa shape index (κ3) is 3.30. The highest BCUT2D eigenvalue weighted by molar-refractivity contribution is 7.15. The van der Waals surface area contributed by atoms with Crippen molar-refractivity contribution in [2.45, 2.75) is 45.6 Å². The van der Waals surface area contributed by atoms with Gasteiger partial charge < -0.3 is 5.32 Å². The molecular weight excluding hydrogens is 230 g/mol. The van der Waals surface area contributed by atoms with Gasteiger partial charge >= 0.3 is 0 Å². The number of thiazole rings is 1. The van der Waals surface area contributed by atoms with Crippen molar-refractivity contribution >= 4 is 16.3 Å². The van der Waals surface area contributed by atoms with Gasteiger partial charge in [-0.1, -0.05) is 13.8 Å². The summed E-state index contributed by atoms with van der Waals surface area (Å²) in [7, 11) is 0. The first-order valence-corrected chi connectivity index (χ1v) is 7.36. The Bertz CT molecular complexity index is 418. The second-order valence-electron chi connectivity index (χ2n) is 4.42. The Hall–Kier alpha value is -0.870. The summed E-state index contributed by atoms with van der Waals surface area (Å²) in [6.07, 6.45) is 8.88. The van der Waals surface area contributed by atoms with E-state index in [0.29, 0.717) is 6.04 Å². The van der Waals surface area contributed by atoms with Gasteiger partial charge in [0.25, 0.3) is 0 Å². The van der Waals surface area contributed by atoms with E-state index >= 15 is 0 Å². The fraction of sp³-hybridized carbons (Fsp3) is 0.615. The SMILES string of the molecule is CCCNC(CC)CCc1cn2ccsc2n1. The minimum absolute atomic E-state index is 0.634. The van der Waals surface area contributed by atoms with Crippen molar-refractivity contribution in [3.8, 4) is 0 Å². The molecule has 2 rings (SSSR count). The lowest BCUT2D eigenvalue weighted by Gasteiger charge is -2.15. The molecule has 1 unspecified atom stereocenters. The van der Waals surface area contributed by atoms with E-state index in [9.17, 15) is 0 Å². The topological polar surface area (TPSA) is 29.3 Å². The van der Waals surface area contributed by atoms with Gasteiger partial charge in [0.1, 0.15) is 0 Å². The van der Waals surface area contributed by atoms with Crippen molar-refractivity contribution in [2.75, 3.05) is 6.54 Å². The molecule has 1 atom stereocenters. The standard InChI is InChI=1S/C13H21N3S/c1-3-7-14-11(4-2)5-6-12-10-16-8-9-17-13(16)15-12/h8-11,14H,3-7H2,1-2H3. The number of aryl methyl sites for hydroxylation is 1. The van der Waals surface area contributed by atoms with E-state index < -0.39 is 0 Å². The predicted octanol–water partition coefficient (Wildman–Crippen LogP) is 3.11. The quantitative estimate of drug-likeness (QED) is 0.819. The first kappa shape index (κ1) is 12.6. The van der Waals surface area contributed by atoms with Gasteiger partial charge in [-0.3, -0.25) is 4.40 Å². The highest BCUT2D eigenvalue weighted by Crippen LogP contribution is 2.13. The van der Waals surface area contributed by atoms with Crippen LogP contribution in [0.1, 0.15) is 38.8 Å². The number of aromatic nitrogens is 2. The summed E-state index contributed by atoms with van der Waals surface area (Å²) in [5.74, 6) is 0. The molecule has 0 aliphatic heterocycles. The molecule has 0 amide bonds. The lowest BCUT2D eigenvalue weighted by molar-refractivity contribution is 0.467. The summed E-state index contributed by atoms with van der Waals surface area (Å²) in [6, 6.07) is 0.634. The average molecular weight is 251 g/mol. The minimum atomic E-state index is 0.634. The fourth-order valence-electron chi connectivity index (χ4n) is 2.02. The van der Waals surface area contributed by atoms with E-state index in [2.05, 4.69) is 46.3 Å². The maximum atomic E-state index is 4.61. The Morgan fingerprint density at radius 1 is 1.47 bits per heavy atom. The number of nitrogens with zero attached hydrogens (tertiary/aromatic N) is 2. The maximum Gasteiger partial charge on any atom is 0.193 e. The zero-order chi connectivity index (χ0) is 12.1. The van der Waals surface area contributed by atoms with Gasteiger partial charge in [0.05, 0.1) is 5.69 Å². The smallest absolute Gasteiger partial charge is 0.193 e. The monoisotopic (exact) mass is 251 g/mol. The summed E-state index contributed by atoms with van der Waals surface area (Å²) < 4.78 is 2.11. The number of rotatable bonds is 7. The first-order valence-electron chi connectivity index (χ1n) is 6.48. The second kappa shape index (κ2) is 6.17. The van der Waals surface area contributed by atoms with Gasteiger partial charge in [0, 0.05) is 23.8 Å². The molecule has 3 nitrogen and oxygen atoms in total. The van der Waals surface area contributed by atoms with Crippen LogP contribution in [0.5, 0.6) is 0 Å². The minimum Gasteiger partial charge on any atom is -0.314 e. The van der Waals surface area contributed by atoms with Crippen molar-refractivity contribution in [1.29, 1.82) is 0 Å². The second-order valence-corrected chi connectivity index (χ2v) is 5.30. The molecule has 0 aliphatic carbocycles. The van der Waals surface area contributed by atoms with E-state index in [-0.39, 0.29) is 0 Å².